The van der Waals surface area contributed by atoms with E-state index in [0.29, 0.717) is 19.3 Å². The highest BCUT2D eigenvalue weighted by Crippen LogP contribution is 2.21. The predicted molar refractivity (Wildman–Crippen MR) is 163 cm³/mol. The number of carbonyl (C=O) groups is 3. The molecule has 3 rings (SSSR count). The Morgan fingerprint density at radius 1 is 0.925 bits per heavy atom. The highest BCUT2D eigenvalue weighted by Gasteiger charge is 2.36. The Kier molecular flexibility index (Phi) is 10.6. The number of nitrogens with one attached hydrogen (secondary N) is 1. The van der Waals surface area contributed by atoms with E-state index < -0.39 is 17.6 Å². The van der Waals surface area contributed by atoms with Gasteiger partial charge in [-0.15, -0.1) is 11.3 Å². The fourth-order valence-electron chi connectivity index (χ4n) is 4.45. The van der Waals surface area contributed by atoms with E-state index in [0.717, 1.165) is 21.2 Å². The Balaban J connectivity index is 1.95. The van der Waals surface area contributed by atoms with Crippen molar-refractivity contribution in [1.82, 2.24) is 20.2 Å². The molecule has 0 saturated carbocycles. The standard InChI is InChI=1S/C31H41N5O3S/c1-31(2,32)17-9-14-28(37)34(4)26(20-22-15-16-23-11-7-8-12-24(23)19-22)29(38)35(5)27(30(39)36(6)33-3)21-25-13-10-18-40-25/h7-16,18-19,26-27,33H,17,20-21,32H2,1-6H3/b14-9+. The summed E-state index contributed by atoms with van der Waals surface area (Å²) in [5.41, 5.74) is 9.38. The number of carbonyl (C=O) groups excluding carboxylic acids is 3. The highest BCUT2D eigenvalue weighted by molar-refractivity contribution is 7.09. The van der Waals surface area contributed by atoms with Gasteiger partial charge in [0.05, 0.1) is 0 Å². The van der Waals surface area contributed by atoms with Gasteiger partial charge in [0.25, 0.3) is 5.91 Å². The molecule has 1 heterocycles. The first-order valence-corrected chi connectivity index (χ1v) is 14.2. The number of nitrogens with zero attached hydrogens (tertiary/aromatic N) is 3. The molecule has 2 atom stereocenters. The van der Waals surface area contributed by atoms with Crippen LogP contribution in [0.15, 0.2) is 72.1 Å². The maximum atomic E-state index is 14.2. The van der Waals surface area contributed by atoms with Gasteiger partial charge in [-0.05, 0) is 54.1 Å². The Hall–Kier alpha value is -3.53. The average Bonchev–Trinajstić information content (AvgIpc) is 3.45. The first-order valence-electron chi connectivity index (χ1n) is 13.3. The minimum atomic E-state index is -0.826. The van der Waals surface area contributed by atoms with Gasteiger partial charge in [0.1, 0.15) is 12.1 Å². The molecule has 0 spiro atoms. The minimum Gasteiger partial charge on any atom is -0.331 e. The molecule has 0 bridgehead atoms. The third-order valence-corrected chi connectivity index (χ3v) is 7.89. The summed E-state index contributed by atoms with van der Waals surface area (Å²) in [6.45, 7) is 3.78. The Bertz CT molecular complexity index is 1330. The van der Waals surface area contributed by atoms with Crippen LogP contribution in [0, 0.1) is 0 Å². The largest absolute Gasteiger partial charge is 0.331 e. The summed E-state index contributed by atoms with van der Waals surface area (Å²) in [5.74, 6) is -0.850. The Labute approximate surface area is 241 Å². The summed E-state index contributed by atoms with van der Waals surface area (Å²) in [7, 11) is 6.56. The van der Waals surface area contributed by atoms with Crippen molar-refractivity contribution in [2.24, 2.45) is 5.73 Å². The van der Waals surface area contributed by atoms with Gasteiger partial charge in [0.15, 0.2) is 0 Å². The van der Waals surface area contributed by atoms with Crippen LogP contribution in [0.2, 0.25) is 0 Å². The van der Waals surface area contributed by atoms with Gasteiger partial charge in [0, 0.05) is 51.4 Å². The van der Waals surface area contributed by atoms with Crippen LogP contribution < -0.4 is 11.2 Å². The van der Waals surface area contributed by atoms with Crippen molar-refractivity contribution >= 4 is 39.8 Å². The van der Waals surface area contributed by atoms with E-state index in [1.807, 2.05) is 73.8 Å². The van der Waals surface area contributed by atoms with Crippen LogP contribution in [0.4, 0.5) is 0 Å². The molecule has 2 aromatic carbocycles. The zero-order valence-corrected chi connectivity index (χ0v) is 25.1. The van der Waals surface area contributed by atoms with Crippen molar-refractivity contribution in [3.8, 4) is 0 Å². The van der Waals surface area contributed by atoms with Crippen LogP contribution in [-0.2, 0) is 27.2 Å². The fraction of sp³-hybridized carbons (Fsp3) is 0.387. The molecule has 214 valence electrons. The van der Waals surface area contributed by atoms with Crippen molar-refractivity contribution in [3.63, 3.8) is 0 Å². The van der Waals surface area contributed by atoms with Crippen LogP contribution in [-0.4, -0.2) is 78.3 Å². The molecule has 1 aromatic heterocycles. The van der Waals surface area contributed by atoms with E-state index in [-0.39, 0.29) is 17.7 Å². The van der Waals surface area contributed by atoms with Gasteiger partial charge in [-0.25, -0.2) is 5.43 Å². The lowest BCUT2D eigenvalue weighted by Gasteiger charge is -2.35. The van der Waals surface area contributed by atoms with Gasteiger partial charge < -0.3 is 15.5 Å². The number of benzene rings is 2. The molecule has 40 heavy (non-hydrogen) atoms. The van der Waals surface area contributed by atoms with Crippen molar-refractivity contribution in [2.75, 3.05) is 28.2 Å². The zero-order chi connectivity index (χ0) is 29.4. The number of hydrazine groups is 1. The third kappa shape index (κ3) is 8.24. The van der Waals surface area contributed by atoms with Gasteiger partial charge in [-0.1, -0.05) is 54.6 Å². The highest BCUT2D eigenvalue weighted by atomic mass is 32.1. The topological polar surface area (TPSA) is 99.0 Å². The van der Waals surface area contributed by atoms with Gasteiger partial charge in [-0.2, -0.15) is 0 Å². The zero-order valence-electron chi connectivity index (χ0n) is 24.3. The van der Waals surface area contributed by atoms with Crippen LogP contribution in [0.25, 0.3) is 10.8 Å². The Morgan fingerprint density at radius 3 is 2.23 bits per heavy atom. The second-order valence-corrected chi connectivity index (χ2v) is 11.8. The number of thiophene rings is 1. The molecule has 3 aromatic rings. The number of rotatable bonds is 12. The molecule has 3 amide bonds. The molecular weight excluding hydrogens is 522 g/mol. The second kappa shape index (κ2) is 13.7. The first-order chi connectivity index (χ1) is 18.9. The summed E-state index contributed by atoms with van der Waals surface area (Å²) < 4.78 is 0. The van der Waals surface area contributed by atoms with Crippen LogP contribution >= 0.6 is 11.3 Å². The maximum absolute atomic E-state index is 14.2. The maximum Gasteiger partial charge on any atom is 0.259 e. The molecule has 8 nitrogen and oxygen atoms in total. The van der Waals surface area contributed by atoms with Crippen molar-refractivity contribution in [2.45, 2.75) is 50.7 Å². The van der Waals surface area contributed by atoms with E-state index in [1.165, 1.54) is 32.2 Å². The fourth-order valence-corrected chi connectivity index (χ4v) is 5.19. The van der Waals surface area contributed by atoms with Gasteiger partial charge in [0.2, 0.25) is 11.8 Å². The number of likely N-dealkylation sites (N-methyl/N-ethyl adjacent to an activating group) is 3. The second-order valence-electron chi connectivity index (χ2n) is 10.8. The summed E-state index contributed by atoms with van der Waals surface area (Å²) >= 11 is 1.54. The number of hydrogen-bond acceptors (Lipinski definition) is 6. The summed E-state index contributed by atoms with van der Waals surface area (Å²) in [6.07, 6.45) is 4.40. The molecule has 0 radical (unpaired) electrons. The molecule has 9 heteroatoms. The number of fused-ring (bicyclic) bond motifs is 1. The van der Waals surface area contributed by atoms with E-state index in [1.54, 1.807) is 34.3 Å². The van der Waals surface area contributed by atoms with E-state index in [4.69, 9.17) is 5.73 Å². The molecule has 0 aliphatic carbocycles. The molecule has 3 N–H and O–H groups in total. The quantitative estimate of drug-likeness (QED) is 0.259. The monoisotopic (exact) mass is 563 g/mol. The number of amides is 3. The molecule has 2 unspecified atom stereocenters. The average molecular weight is 564 g/mol. The van der Waals surface area contributed by atoms with Crippen molar-refractivity contribution in [1.29, 1.82) is 0 Å². The third-order valence-electron chi connectivity index (χ3n) is 6.99. The number of hydrogen-bond donors (Lipinski definition) is 2. The molecule has 0 aliphatic heterocycles. The van der Waals surface area contributed by atoms with E-state index in [2.05, 4.69) is 5.43 Å². The predicted octanol–water partition coefficient (Wildman–Crippen LogP) is 3.62. The summed E-state index contributed by atoms with van der Waals surface area (Å²) in [5, 5.41) is 5.48. The lowest BCUT2D eigenvalue weighted by molar-refractivity contribution is -0.149. The first kappa shape index (κ1) is 31.0. The minimum absolute atomic E-state index is 0.241. The van der Waals surface area contributed by atoms with Gasteiger partial charge in [-0.3, -0.25) is 19.4 Å². The van der Waals surface area contributed by atoms with Crippen LogP contribution in [0.5, 0.6) is 0 Å². The molecular formula is C31H41N5O3S. The van der Waals surface area contributed by atoms with Gasteiger partial charge >= 0.3 is 0 Å². The van der Waals surface area contributed by atoms with Crippen molar-refractivity contribution < 1.29 is 14.4 Å². The Morgan fingerprint density at radius 2 is 1.60 bits per heavy atom. The lowest BCUT2D eigenvalue weighted by Crippen LogP contribution is -2.57. The molecule has 0 saturated heterocycles. The SMILES string of the molecule is CNN(C)C(=O)C(Cc1cccs1)N(C)C(=O)C(Cc1ccc2ccccc2c1)N(C)C(=O)/C=C/CC(C)(C)N. The lowest BCUT2D eigenvalue weighted by atomic mass is 9.99. The number of nitrogens with two attached hydrogens (primary N) is 1. The van der Waals surface area contributed by atoms with E-state index in [9.17, 15) is 14.4 Å². The van der Waals surface area contributed by atoms with E-state index >= 15 is 0 Å². The summed E-state index contributed by atoms with van der Waals surface area (Å²) in [4.78, 5) is 44.8. The molecule has 0 aliphatic rings. The van der Waals surface area contributed by atoms with Crippen LogP contribution in [0.1, 0.15) is 30.7 Å². The van der Waals surface area contributed by atoms with Crippen molar-refractivity contribution in [3.05, 3.63) is 82.6 Å². The summed E-state index contributed by atoms with van der Waals surface area (Å²) in [6, 6.07) is 16.4. The normalized spacial score (nSPS) is 13.3. The molecule has 0 fully saturated rings. The van der Waals surface area contributed by atoms with Crippen LogP contribution in [0.3, 0.4) is 0 Å². The smallest absolute Gasteiger partial charge is 0.259 e.